The molecule has 0 fully saturated rings. The minimum Gasteiger partial charge on any atom is -0.343 e. The molecule has 2 heterocycles. The highest BCUT2D eigenvalue weighted by Gasteiger charge is 2.16. The van der Waals surface area contributed by atoms with E-state index in [1.165, 1.54) is 40.2 Å². The zero-order chi connectivity index (χ0) is 9.54. The molecule has 72 valence electrons. The molecule has 1 aromatic carbocycles. The third kappa shape index (κ3) is 1.04. The van der Waals surface area contributed by atoms with Crippen LogP contribution in [0.2, 0.25) is 0 Å². The third-order valence-electron chi connectivity index (χ3n) is 3.06. The second-order valence-electron chi connectivity index (χ2n) is 3.79. The highest BCUT2D eigenvalue weighted by Crippen LogP contribution is 2.31. The molecule has 0 N–H and O–H groups in total. The maximum Gasteiger partial charge on any atom is 0.0485 e. The summed E-state index contributed by atoms with van der Waals surface area (Å²) in [5.74, 6) is 2.44. The lowest BCUT2D eigenvalue weighted by molar-refractivity contribution is 0.754. The van der Waals surface area contributed by atoms with E-state index in [-0.39, 0.29) is 0 Å². The lowest BCUT2D eigenvalue weighted by atomic mass is 10.2. The minimum atomic E-state index is 1.17. The van der Waals surface area contributed by atoms with Crippen LogP contribution >= 0.6 is 11.8 Å². The van der Waals surface area contributed by atoms with Crippen LogP contribution in [0.25, 0.3) is 10.9 Å². The SMILES string of the molecule is Cc1c2n(c3ccccc13)CCSC2. The van der Waals surface area contributed by atoms with Crippen LogP contribution in [0.5, 0.6) is 0 Å². The van der Waals surface area contributed by atoms with Gasteiger partial charge in [-0.25, -0.2) is 0 Å². The first-order valence-electron chi connectivity index (χ1n) is 5.02. The van der Waals surface area contributed by atoms with Crippen molar-refractivity contribution in [3.05, 3.63) is 35.5 Å². The van der Waals surface area contributed by atoms with E-state index in [0.717, 1.165) is 0 Å². The quantitative estimate of drug-likeness (QED) is 0.636. The number of para-hydroxylation sites is 1. The van der Waals surface area contributed by atoms with E-state index in [2.05, 4.69) is 35.8 Å². The van der Waals surface area contributed by atoms with Gasteiger partial charge in [-0.1, -0.05) is 18.2 Å². The minimum absolute atomic E-state index is 1.17. The van der Waals surface area contributed by atoms with E-state index in [1.54, 1.807) is 0 Å². The first-order chi connectivity index (χ1) is 6.88. The number of rotatable bonds is 0. The highest BCUT2D eigenvalue weighted by atomic mass is 32.2. The Morgan fingerprint density at radius 1 is 1.29 bits per heavy atom. The molecular weight excluding hydrogens is 190 g/mol. The molecule has 0 aliphatic carbocycles. The summed E-state index contributed by atoms with van der Waals surface area (Å²) < 4.78 is 2.49. The number of hydrogen-bond donors (Lipinski definition) is 0. The number of aryl methyl sites for hydroxylation is 2. The number of fused-ring (bicyclic) bond motifs is 3. The molecule has 0 saturated heterocycles. The van der Waals surface area contributed by atoms with Gasteiger partial charge in [0.2, 0.25) is 0 Å². The van der Waals surface area contributed by atoms with Gasteiger partial charge >= 0.3 is 0 Å². The molecule has 2 aromatic rings. The van der Waals surface area contributed by atoms with Crippen molar-refractivity contribution >= 4 is 22.7 Å². The molecule has 0 saturated carbocycles. The van der Waals surface area contributed by atoms with Crippen LogP contribution in [0.3, 0.4) is 0 Å². The summed E-state index contributed by atoms with van der Waals surface area (Å²) in [6, 6.07) is 8.74. The van der Waals surface area contributed by atoms with Crippen molar-refractivity contribution in [3.63, 3.8) is 0 Å². The van der Waals surface area contributed by atoms with Gasteiger partial charge in [0.25, 0.3) is 0 Å². The van der Waals surface area contributed by atoms with Crippen molar-refractivity contribution < 1.29 is 0 Å². The zero-order valence-corrected chi connectivity index (χ0v) is 9.10. The zero-order valence-electron chi connectivity index (χ0n) is 8.29. The van der Waals surface area contributed by atoms with E-state index >= 15 is 0 Å². The number of aromatic nitrogens is 1. The fraction of sp³-hybridized carbons (Fsp3) is 0.333. The van der Waals surface area contributed by atoms with E-state index in [9.17, 15) is 0 Å². The first kappa shape index (κ1) is 8.42. The Balaban J connectivity index is 2.41. The van der Waals surface area contributed by atoms with Crippen LogP contribution in [0.15, 0.2) is 24.3 Å². The summed E-state index contributed by atoms with van der Waals surface area (Å²) in [4.78, 5) is 0. The third-order valence-corrected chi connectivity index (χ3v) is 4.00. The Kier molecular flexibility index (Phi) is 1.84. The average Bonchev–Trinajstić information content (AvgIpc) is 2.55. The number of thioether (sulfide) groups is 1. The predicted octanol–water partition coefficient (Wildman–Crippen LogP) is 3.20. The van der Waals surface area contributed by atoms with Gasteiger partial charge in [-0.2, -0.15) is 11.8 Å². The highest BCUT2D eigenvalue weighted by molar-refractivity contribution is 7.98. The molecule has 0 radical (unpaired) electrons. The molecule has 0 atom stereocenters. The molecule has 3 rings (SSSR count). The van der Waals surface area contributed by atoms with Crippen LogP contribution < -0.4 is 0 Å². The normalized spacial score (nSPS) is 15.8. The number of nitrogens with zero attached hydrogens (tertiary/aromatic N) is 1. The standard InChI is InChI=1S/C12H13NS/c1-9-10-4-2-3-5-11(10)13-6-7-14-8-12(9)13/h2-5H,6-8H2,1H3. The Hall–Kier alpha value is -0.890. The van der Waals surface area contributed by atoms with Crippen molar-refractivity contribution in [2.45, 2.75) is 19.2 Å². The number of benzene rings is 1. The van der Waals surface area contributed by atoms with Crippen molar-refractivity contribution in [2.75, 3.05) is 5.75 Å². The van der Waals surface area contributed by atoms with Gasteiger partial charge < -0.3 is 4.57 Å². The fourth-order valence-electron chi connectivity index (χ4n) is 2.30. The summed E-state index contributed by atoms with van der Waals surface area (Å²) in [6.45, 7) is 3.42. The molecule has 1 aliphatic rings. The first-order valence-corrected chi connectivity index (χ1v) is 6.18. The largest absolute Gasteiger partial charge is 0.343 e. The van der Waals surface area contributed by atoms with E-state index in [4.69, 9.17) is 0 Å². The molecule has 1 nitrogen and oxygen atoms in total. The molecular formula is C12H13NS. The van der Waals surface area contributed by atoms with Crippen LogP contribution in [-0.2, 0) is 12.3 Å². The maximum absolute atomic E-state index is 2.49. The summed E-state index contributed by atoms with van der Waals surface area (Å²) in [5, 5.41) is 1.44. The average molecular weight is 203 g/mol. The summed E-state index contributed by atoms with van der Waals surface area (Å²) in [5.41, 5.74) is 4.43. The Labute approximate surface area is 88.1 Å². The number of hydrogen-bond acceptors (Lipinski definition) is 1. The topological polar surface area (TPSA) is 4.93 Å². The maximum atomic E-state index is 2.49. The molecule has 0 unspecified atom stereocenters. The van der Waals surface area contributed by atoms with Crippen LogP contribution in [0.1, 0.15) is 11.3 Å². The van der Waals surface area contributed by atoms with Crippen molar-refractivity contribution in [3.8, 4) is 0 Å². The second-order valence-corrected chi connectivity index (χ2v) is 4.90. The van der Waals surface area contributed by atoms with Crippen molar-refractivity contribution in [2.24, 2.45) is 0 Å². The van der Waals surface area contributed by atoms with Crippen LogP contribution in [0, 0.1) is 6.92 Å². The second kappa shape index (κ2) is 3.06. The van der Waals surface area contributed by atoms with Gasteiger partial charge in [-0.05, 0) is 18.6 Å². The molecule has 14 heavy (non-hydrogen) atoms. The van der Waals surface area contributed by atoms with Crippen molar-refractivity contribution in [1.29, 1.82) is 0 Å². The van der Waals surface area contributed by atoms with Gasteiger partial charge in [0.05, 0.1) is 0 Å². The summed E-state index contributed by atoms with van der Waals surface area (Å²) in [6.07, 6.45) is 0. The molecule has 0 spiro atoms. The monoisotopic (exact) mass is 203 g/mol. The van der Waals surface area contributed by atoms with E-state index < -0.39 is 0 Å². The van der Waals surface area contributed by atoms with Gasteiger partial charge in [-0.3, -0.25) is 0 Å². The van der Waals surface area contributed by atoms with Crippen LogP contribution in [0.4, 0.5) is 0 Å². The fourth-order valence-corrected chi connectivity index (χ4v) is 3.32. The Morgan fingerprint density at radius 2 is 2.14 bits per heavy atom. The van der Waals surface area contributed by atoms with Gasteiger partial charge in [-0.15, -0.1) is 0 Å². The Morgan fingerprint density at radius 3 is 3.07 bits per heavy atom. The van der Waals surface area contributed by atoms with Crippen LogP contribution in [-0.4, -0.2) is 10.3 Å². The molecule has 0 bridgehead atoms. The van der Waals surface area contributed by atoms with E-state index in [0.29, 0.717) is 0 Å². The van der Waals surface area contributed by atoms with Crippen molar-refractivity contribution in [1.82, 2.24) is 4.57 Å². The smallest absolute Gasteiger partial charge is 0.0485 e. The lowest BCUT2D eigenvalue weighted by Gasteiger charge is -2.16. The molecule has 1 aromatic heterocycles. The molecule has 2 heteroatoms. The summed E-state index contributed by atoms with van der Waals surface area (Å²) in [7, 11) is 0. The van der Waals surface area contributed by atoms with Gasteiger partial charge in [0.1, 0.15) is 0 Å². The van der Waals surface area contributed by atoms with Gasteiger partial charge in [0.15, 0.2) is 0 Å². The lowest BCUT2D eigenvalue weighted by Crippen LogP contribution is -2.10. The molecule has 1 aliphatic heterocycles. The predicted molar refractivity (Wildman–Crippen MR) is 62.8 cm³/mol. The molecule has 0 amide bonds. The van der Waals surface area contributed by atoms with Gasteiger partial charge in [0, 0.05) is 34.6 Å². The summed E-state index contributed by atoms with van der Waals surface area (Å²) >= 11 is 2.05. The Bertz CT molecular complexity index is 484. The van der Waals surface area contributed by atoms with E-state index in [1.807, 2.05) is 11.8 Å².